The van der Waals surface area contributed by atoms with Gasteiger partial charge in [0, 0.05) is 18.0 Å². The van der Waals surface area contributed by atoms with Crippen LogP contribution >= 0.6 is 11.6 Å². The average molecular weight is 411 g/mol. The average Bonchev–Trinajstić information content (AvgIpc) is 2.59. The zero-order chi connectivity index (χ0) is 19.9. The van der Waals surface area contributed by atoms with Crippen molar-refractivity contribution in [2.75, 3.05) is 29.0 Å². The molecule has 1 N–H and O–H groups in total. The van der Waals surface area contributed by atoms with Gasteiger partial charge >= 0.3 is 0 Å². The van der Waals surface area contributed by atoms with E-state index in [9.17, 15) is 13.2 Å². The smallest absolute Gasteiger partial charge is 0.232 e. The molecule has 0 fully saturated rings. The first-order valence-corrected chi connectivity index (χ1v) is 10.8. The standard InChI is InChI=1S/C19H23ClN2O4S/c1-3-26-18-11-5-4-10-17(18)21-19(23)12-7-13-22(27(2,24)25)16-9-6-8-15(20)14-16/h4-6,8-11,14H,3,7,12-13H2,1-2H3,(H,21,23). The summed E-state index contributed by atoms with van der Waals surface area (Å²) in [6.45, 7) is 2.55. The van der Waals surface area contributed by atoms with Crippen molar-refractivity contribution in [2.45, 2.75) is 19.8 Å². The Morgan fingerprint density at radius 3 is 2.59 bits per heavy atom. The Labute approximate surface area is 165 Å². The number of para-hydroxylation sites is 2. The molecule has 27 heavy (non-hydrogen) atoms. The molecule has 0 atom stereocenters. The van der Waals surface area contributed by atoms with Crippen LogP contribution in [0, 0.1) is 0 Å². The van der Waals surface area contributed by atoms with E-state index in [1.165, 1.54) is 4.31 Å². The van der Waals surface area contributed by atoms with Crippen LogP contribution in [-0.2, 0) is 14.8 Å². The van der Waals surface area contributed by atoms with Gasteiger partial charge < -0.3 is 10.1 Å². The summed E-state index contributed by atoms with van der Waals surface area (Å²) in [7, 11) is -3.48. The van der Waals surface area contributed by atoms with Crippen molar-refractivity contribution in [3.05, 3.63) is 53.6 Å². The molecule has 0 unspecified atom stereocenters. The third-order valence-corrected chi connectivity index (χ3v) is 5.15. The molecule has 0 radical (unpaired) electrons. The lowest BCUT2D eigenvalue weighted by molar-refractivity contribution is -0.116. The molecular formula is C19H23ClN2O4S. The molecule has 2 rings (SSSR count). The number of carbonyl (C=O) groups is 1. The summed E-state index contributed by atoms with van der Waals surface area (Å²) in [6.07, 6.45) is 1.67. The molecule has 0 aliphatic heterocycles. The van der Waals surface area contributed by atoms with Crippen LogP contribution in [0.3, 0.4) is 0 Å². The zero-order valence-corrected chi connectivity index (χ0v) is 16.9. The maximum absolute atomic E-state index is 12.2. The van der Waals surface area contributed by atoms with Gasteiger partial charge in [-0.05, 0) is 43.7 Å². The molecule has 8 heteroatoms. The van der Waals surface area contributed by atoms with Crippen LogP contribution in [0.25, 0.3) is 0 Å². The number of halogens is 1. The molecule has 1 amide bonds. The van der Waals surface area contributed by atoms with Crippen molar-refractivity contribution in [1.82, 2.24) is 0 Å². The third kappa shape index (κ3) is 6.45. The topological polar surface area (TPSA) is 75.7 Å². The summed E-state index contributed by atoms with van der Waals surface area (Å²) in [4.78, 5) is 12.2. The first-order valence-electron chi connectivity index (χ1n) is 8.56. The Balaban J connectivity index is 1.98. The summed E-state index contributed by atoms with van der Waals surface area (Å²) in [5, 5.41) is 3.25. The van der Waals surface area contributed by atoms with E-state index < -0.39 is 10.0 Å². The molecule has 0 heterocycles. The first-order chi connectivity index (χ1) is 12.8. The Morgan fingerprint density at radius 2 is 1.93 bits per heavy atom. The molecule has 0 saturated heterocycles. The molecule has 146 valence electrons. The maximum Gasteiger partial charge on any atom is 0.232 e. The number of sulfonamides is 1. The summed E-state index contributed by atoms with van der Waals surface area (Å²) in [5.74, 6) is 0.395. The Morgan fingerprint density at radius 1 is 1.19 bits per heavy atom. The van der Waals surface area contributed by atoms with Crippen molar-refractivity contribution in [3.8, 4) is 5.75 Å². The van der Waals surface area contributed by atoms with Crippen LogP contribution in [-0.4, -0.2) is 33.7 Å². The molecule has 0 spiro atoms. The second-order valence-corrected chi connectivity index (χ2v) is 8.24. The highest BCUT2D eigenvalue weighted by molar-refractivity contribution is 7.92. The van der Waals surface area contributed by atoms with E-state index in [0.717, 1.165) is 6.26 Å². The molecule has 2 aromatic carbocycles. The van der Waals surface area contributed by atoms with Crippen molar-refractivity contribution in [2.24, 2.45) is 0 Å². The number of hydrogen-bond donors (Lipinski definition) is 1. The maximum atomic E-state index is 12.2. The predicted octanol–water partition coefficient (Wildman–Crippen LogP) is 3.92. The number of nitrogens with one attached hydrogen (secondary N) is 1. The van der Waals surface area contributed by atoms with Gasteiger partial charge in [0.05, 0.1) is 24.2 Å². The molecule has 0 saturated carbocycles. The van der Waals surface area contributed by atoms with Crippen LogP contribution in [0.4, 0.5) is 11.4 Å². The summed E-state index contributed by atoms with van der Waals surface area (Å²) in [6, 6.07) is 13.8. The van der Waals surface area contributed by atoms with E-state index in [4.69, 9.17) is 16.3 Å². The number of amides is 1. The Bertz CT molecular complexity index is 887. The largest absolute Gasteiger partial charge is 0.492 e. The highest BCUT2D eigenvalue weighted by Gasteiger charge is 2.18. The zero-order valence-electron chi connectivity index (χ0n) is 15.3. The van der Waals surface area contributed by atoms with E-state index in [0.29, 0.717) is 35.2 Å². The fraction of sp³-hybridized carbons (Fsp3) is 0.316. The van der Waals surface area contributed by atoms with Gasteiger partial charge in [0.15, 0.2) is 0 Å². The minimum Gasteiger partial charge on any atom is -0.492 e. The molecular weight excluding hydrogens is 388 g/mol. The van der Waals surface area contributed by atoms with E-state index in [-0.39, 0.29) is 18.9 Å². The summed E-state index contributed by atoms with van der Waals surface area (Å²) < 4.78 is 30.9. The SMILES string of the molecule is CCOc1ccccc1NC(=O)CCCN(c1cccc(Cl)c1)S(C)(=O)=O. The Kier molecular flexibility index (Phi) is 7.50. The second-order valence-electron chi connectivity index (χ2n) is 5.90. The molecule has 0 aliphatic rings. The van der Waals surface area contributed by atoms with E-state index in [1.807, 2.05) is 19.1 Å². The van der Waals surface area contributed by atoms with Gasteiger partial charge in [-0.2, -0.15) is 0 Å². The van der Waals surface area contributed by atoms with Crippen molar-refractivity contribution >= 4 is 38.9 Å². The van der Waals surface area contributed by atoms with Gasteiger partial charge in [-0.15, -0.1) is 0 Å². The lowest BCUT2D eigenvalue weighted by Crippen LogP contribution is -2.31. The number of rotatable bonds is 9. The van der Waals surface area contributed by atoms with Gasteiger partial charge in [0.25, 0.3) is 0 Å². The predicted molar refractivity (Wildman–Crippen MR) is 109 cm³/mol. The number of anilines is 2. The number of ether oxygens (including phenoxy) is 1. The monoisotopic (exact) mass is 410 g/mol. The summed E-state index contributed by atoms with van der Waals surface area (Å²) >= 11 is 5.96. The van der Waals surface area contributed by atoms with Crippen molar-refractivity contribution in [1.29, 1.82) is 0 Å². The van der Waals surface area contributed by atoms with Gasteiger partial charge in [-0.1, -0.05) is 29.8 Å². The Hall–Kier alpha value is -2.25. The molecule has 6 nitrogen and oxygen atoms in total. The van der Waals surface area contributed by atoms with E-state index in [2.05, 4.69) is 5.32 Å². The normalized spacial score (nSPS) is 11.1. The van der Waals surface area contributed by atoms with E-state index >= 15 is 0 Å². The minimum absolute atomic E-state index is 0.174. The fourth-order valence-corrected chi connectivity index (χ4v) is 3.71. The first kappa shape index (κ1) is 21.1. The van der Waals surface area contributed by atoms with Crippen LogP contribution in [0.15, 0.2) is 48.5 Å². The second kappa shape index (κ2) is 9.62. The third-order valence-electron chi connectivity index (χ3n) is 3.72. The highest BCUT2D eigenvalue weighted by Crippen LogP contribution is 2.24. The van der Waals surface area contributed by atoms with Crippen LogP contribution in [0.1, 0.15) is 19.8 Å². The number of nitrogens with zero attached hydrogens (tertiary/aromatic N) is 1. The lowest BCUT2D eigenvalue weighted by Gasteiger charge is -2.22. The van der Waals surface area contributed by atoms with Gasteiger partial charge in [0.1, 0.15) is 5.75 Å². The molecule has 2 aromatic rings. The van der Waals surface area contributed by atoms with Crippen molar-refractivity contribution < 1.29 is 17.9 Å². The highest BCUT2D eigenvalue weighted by atomic mass is 35.5. The molecule has 0 aliphatic carbocycles. The molecule has 0 aromatic heterocycles. The molecule has 0 bridgehead atoms. The quantitative estimate of drug-likeness (QED) is 0.679. The minimum atomic E-state index is -3.48. The van der Waals surface area contributed by atoms with Crippen LogP contribution in [0.2, 0.25) is 5.02 Å². The van der Waals surface area contributed by atoms with Gasteiger partial charge in [-0.3, -0.25) is 9.10 Å². The fourth-order valence-electron chi connectivity index (χ4n) is 2.56. The number of hydrogen-bond acceptors (Lipinski definition) is 4. The number of carbonyl (C=O) groups excluding carboxylic acids is 1. The van der Waals surface area contributed by atoms with Crippen LogP contribution < -0.4 is 14.4 Å². The summed E-state index contributed by atoms with van der Waals surface area (Å²) in [5.41, 5.74) is 1.08. The van der Waals surface area contributed by atoms with Gasteiger partial charge in [-0.25, -0.2) is 8.42 Å². The van der Waals surface area contributed by atoms with Crippen molar-refractivity contribution in [3.63, 3.8) is 0 Å². The number of benzene rings is 2. The lowest BCUT2D eigenvalue weighted by atomic mass is 10.2. The van der Waals surface area contributed by atoms with E-state index in [1.54, 1.807) is 36.4 Å². The van der Waals surface area contributed by atoms with Gasteiger partial charge in [0.2, 0.25) is 15.9 Å². The van der Waals surface area contributed by atoms with Crippen LogP contribution in [0.5, 0.6) is 5.75 Å².